The lowest BCUT2D eigenvalue weighted by Gasteiger charge is -2.36. The number of hydrogen-bond donors (Lipinski definition) is 0. The van der Waals surface area contributed by atoms with E-state index in [1.54, 1.807) is 12.1 Å². The van der Waals surface area contributed by atoms with Gasteiger partial charge in [0.25, 0.3) is 5.56 Å². The van der Waals surface area contributed by atoms with E-state index >= 15 is 0 Å². The summed E-state index contributed by atoms with van der Waals surface area (Å²) in [4.78, 5) is 17.1. The van der Waals surface area contributed by atoms with Crippen molar-refractivity contribution in [3.63, 3.8) is 0 Å². The molecule has 4 rings (SSSR count). The van der Waals surface area contributed by atoms with Crippen LogP contribution in [0.4, 0.5) is 5.69 Å². The second-order valence-corrected chi connectivity index (χ2v) is 7.03. The van der Waals surface area contributed by atoms with Gasteiger partial charge in [0, 0.05) is 36.9 Å². The summed E-state index contributed by atoms with van der Waals surface area (Å²) in [5.41, 5.74) is 2.94. The molecule has 1 aliphatic rings. The highest BCUT2D eigenvalue weighted by Gasteiger charge is 2.19. The van der Waals surface area contributed by atoms with E-state index in [1.807, 2.05) is 30.3 Å². The molecule has 26 heavy (non-hydrogen) atoms. The molecule has 0 saturated carbocycles. The van der Waals surface area contributed by atoms with Gasteiger partial charge in [-0.3, -0.25) is 9.69 Å². The van der Waals surface area contributed by atoms with E-state index in [1.165, 1.54) is 15.9 Å². The van der Waals surface area contributed by atoms with Crippen LogP contribution in [0.2, 0.25) is 5.02 Å². The molecule has 1 aromatic heterocycles. The first-order valence-corrected chi connectivity index (χ1v) is 9.05. The van der Waals surface area contributed by atoms with Crippen LogP contribution >= 0.6 is 11.6 Å². The van der Waals surface area contributed by atoms with Crippen LogP contribution in [0.25, 0.3) is 10.9 Å². The molecule has 2 heterocycles. The second-order valence-electron chi connectivity index (χ2n) is 6.59. The van der Waals surface area contributed by atoms with E-state index in [4.69, 9.17) is 11.6 Å². The van der Waals surface area contributed by atoms with Crippen LogP contribution in [0.1, 0.15) is 5.56 Å². The van der Waals surface area contributed by atoms with Crippen LogP contribution < -0.4 is 10.5 Å². The van der Waals surface area contributed by atoms with Crippen molar-refractivity contribution in [1.29, 1.82) is 0 Å². The molecule has 1 fully saturated rings. The molecular formula is C19H20ClN5O. The normalized spacial score (nSPS) is 15.5. The second kappa shape index (κ2) is 7.05. The fourth-order valence-electron chi connectivity index (χ4n) is 3.36. The number of aromatic nitrogens is 3. The predicted octanol–water partition coefficient (Wildman–Crippen LogP) is 2.53. The first-order chi connectivity index (χ1) is 12.6. The van der Waals surface area contributed by atoms with Gasteiger partial charge >= 0.3 is 0 Å². The van der Waals surface area contributed by atoms with Gasteiger partial charge in [-0.15, -0.1) is 5.10 Å². The van der Waals surface area contributed by atoms with Gasteiger partial charge in [0.2, 0.25) is 0 Å². The maximum absolute atomic E-state index is 12.6. The minimum atomic E-state index is -0.0938. The van der Waals surface area contributed by atoms with E-state index < -0.39 is 0 Å². The number of halogens is 1. The first kappa shape index (κ1) is 17.0. The third kappa shape index (κ3) is 3.30. The summed E-state index contributed by atoms with van der Waals surface area (Å²) in [7, 11) is 0. The van der Waals surface area contributed by atoms with Crippen molar-refractivity contribution in [1.82, 2.24) is 19.9 Å². The van der Waals surface area contributed by atoms with Gasteiger partial charge in [0.15, 0.2) is 0 Å². The van der Waals surface area contributed by atoms with Gasteiger partial charge in [0.1, 0.15) is 5.52 Å². The Bertz CT molecular complexity index is 995. The van der Waals surface area contributed by atoms with Gasteiger partial charge in [-0.05, 0) is 36.8 Å². The number of benzene rings is 2. The molecule has 0 radical (unpaired) electrons. The molecule has 6 nitrogen and oxygen atoms in total. The summed E-state index contributed by atoms with van der Waals surface area (Å²) in [5, 5.41) is 9.60. The lowest BCUT2D eigenvalue weighted by molar-refractivity contribution is 0.189. The van der Waals surface area contributed by atoms with Crippen LogP contribution in [0.15, 0.2) is 47.3 Å². The van der Waals surface area contributed by atoms with Gasteiger partial charge in [-0.2, -0.15) is 4.68 Å². The molecule has 0 aliphatic carbocycles. The Kier molecular flexibility index (Phi) is 4.61. The molecule has 134 valence electrons. The van der Waals surface area contributed by atoms with Crippen molar-refractivity contribution >= 4 is 28.2 Å². The number of anilines is 1. The van der Waals surface area contributed by atoms with Crippen LogP contribution in [0, 0.1) is 6.92 Å². The quantitative estimate of drug-likeness (QED) is 0.710. The summed E-state index contributed by atoms with van der Waals surface area (Å²) >= 11 is 6.15. The van der Waals surface area contributed by atoms with Gasteiger partial charge < -0.3 is 4.90 Å². The molecule has 0 unspecified atom stereocenters. The zero-order chi connectivity index (χ0) is 18.1. The zero-order valence-electron chi connectivity index (χ0n) is 14.6. The first-order valence-electron chi connectivity index (χ1n) is 8.68. The van der Waals surface area contributed by atoms with Crippen molar-refractivity contribution in [2.45, 2.75) is 13.6 Å². The van der Waals surface area contributed by atoms with E-state index in [-0.39, 0.29) is 5.56 Å². The maximum Gasteiger partial charge on any atom is 0.278 e. The van der Waals surface area contributed by atoms with Crippen molar-refractivity contribution in [2.24, 2.45) is 0 Å². The largest absolute Gasteiger partial charge is 0.369 e. The Hall–Kier alpha value is -2.44. The Morgan fingerprint density at radius 3 is 2.65 bits per heavy atom. The van der Waals surface area contributed by atoms with E-state index in [2.05, 4.69) is 27.0 Å². The summed E-state index contributed by atoms with van der Waals surface area (Å²) in [6, 6.07) is 13.3. The number of piperazine rings is 1. The molecule has 0 bridgehead atoms. The lowest BCUT2D eigenvalue weighted by Crippen LogP contribution is -2.48. The summed E-state index contributed by atoms with van der Waals surface area (Å²) < 4.78 is 1.45. The lowest BCUT2D eigenvalue weighted by atomic mass is 10.1. The number of fused-ring (bicyclic) bond motifs is 1. The average molecular weight is 370 g/mol. The number of rotatable bonds is 3. The topological polar surface area (TPSA) is 54.3 Å². The Morgan fingerprint density at radius 1 is 1.08 bits per heavy atom. The third-order valence-corrected chi connectivity index (χ3v) is 5.08. The number of hydrogen-bond acceptors (Lipinski definition) is 5. The molecule has 0 atom stereocenters. The summed E-state index contributed by atoms with van der Waals surface area (Å²) in [6.45, 7) is 6.04. The molecule has 0 amide bonds. The van der Waals surface area contributed by atoms with Crippen LogP contribution in [-0.4, -0.2) is 46.1 Å². The van der Waals surface area contributed by atoms with Crippen molar-refractivity contribution < 1.29 is 0 Å². The molecule has 3 aromatic rings. The fourth-order valence-corrected chi connectivity index (χ4v) is 3.53. The molecule has 1 saturated heterocycles. The molecule has 1 aliphatic heterocycles. The third-order valence-electron chi connectivity index (χ3n) is 4.85. The summed E-state index contributed by atoms with van der Waals surface area (Å²) in [5.74, 6) is 0. The van der Waals surface area contributed by atoms with Crippen molar-refractivity contribution in [3.05, 3.63) is 63.4 Å². The molecule has 0 spiro atoms. The Balaban J connectivity index is 1.47. The highest BCUT2D eigenvalue weighted by Crippen LogP contribution is 2.25. The monoisotopic (exact) mass is 369 g/mol. The highest BCUT2D eigenvalue weighted by atomic mass is 35.5. The Morgan fingerprint density at radius 2 is 1.85 bits per heavy atom. The van der Waals surface area contributed by atoms with Crippen LogP contribution in [0.5, 0.6) is 0 Å². The summed E-state index contributed by atoms with van der Waals surface area (Å²) in [6.07, 6.45) is 0. The molecule has 0 N–H and O–H groups in total. The zero-order valence-corrected chi connectivity index (χ0v) is 15.4. The number of nitrogens with zero attached hydrogens (tertiary/aromatic N) is 5. The standard InChI is InChI=1S/C19H20ClN5O/c1-14-6-7-15(20)12-18(14)24-10-8-23(9-11-24)13-25-19(26)16-4-2-3-5-17(16)21-22-25/h2-7,12H,8-11,13H2,1H3. The van der Waals surface area contributed by atoms with Gasteiger partial charge in [0.05, 0.1) is 12.1 Å². The van der Waals surface area contributed by atoms with Gasteiger partial charge in [-0.25, -0.2) is 0 Å². The maximum atomic E-state index is 12.6. The Labute approximate surface area is 156 Å². The van der Waals surface area contributed by atoms with Crippen molar-refractivity contribution in [3.8, 4) is 0 Å². The van der Waals surface area contributed by atoms with Gasteiger partial charge in [-0.1, -0.05) is 35.0 Å². The SMILES string of the molecule is Cc1ccc(Cl)cc1N1CCN(Cn2nnc3ccccc3c2=O)CC1. The molecule has 7 heteroatoms. The van der Waals surface area contributed by atoms with E-state index in [0.717, 1.165) is 31.2 Å². The number of aryl methyl sites for hydroxylation is 1. The van der Waals surface area contributed by atoms with Crippen LogP contribution in [-0.2, 0) is 6.67 Å². The van der Waals surface area contributed by atoms with Crippen LogP contribution in [0.3, 0.4) is 0 Å². The molecule has 2 aromatic carbocycles. The predicted molar refractivity (Wildman–Crippen MR) is 104 cm³/mol. The van der Waals surface area contributed by atoms with E-state index in [0.29, 0.717) is 17.6 Å². The van der Waals surface area contributed by atoms with E-state index in [9.17, 15) is 4.79 Å². The average Bonchev–Trinajstić information content (AvgIpc) is 2.67. The van der Waals surface area contributed by atoms with Crippen molar-refractivity contribution in [2.75, 3.05) is 31.1 Å². The minimum Gasteiger partial charge on any atom is -0.369 e. The minimum absolute atomic E-state index is 0.0938. The fraction of sp³-hybridized carbons (Fsp3) is 0.316. The highest BCUT2D eigenvalue weighted by molar-refractivity contribution is 6.30. The smallest absolute Gasteiger partial charge is 0.278 e. The molecular weight excluding hydrogens is 350 g/mol.